The van der Waals surface area contributed by atoms with Crippen molar-refractivity contribution in [2.45, 2.75) is 0 Å². The molecule has 2 rings (SSSR count). The number of rotatable bonds is 1. The van der Waals surface area contributed by atoms with Crippen LogP contribution in [0.5, 0.6) is 0 Å². The van der Waals surface area contributed by atoms with Gasteiger partial charge in [0.15, 0.2) is 0 Å². The number of nitrogens with zero attached hydrogens (tertiary/aromatic N) is 3. The van der Waals surface area contributed by atoms with E-state index >= 15 is 0 Å². The maximum absolute atomic E-state index is 12.8. The van der Waals surface area contributed by atoms with Crippen LogP contribution in [-0.4, -0.2) is 21.0 Å². The smallest absolute Gasteiger partial charge is 0.347 e. The Labute approximate surface area is 122 Å². The molecule has 0 aliphatic heterocycles. The zero-order chi connectivity index (χ0) is 14.7. The van der Waals surface area contributed by atoms with E-state index in [1.807, 2.05) is 0 Å². The summed E-state index contributed by atoms with van der Waals surface area (Å²) in [6.07, 6.45) is 0. The number of anilines is 1. The van der Waals surface area contributed by atoms with Crippen LogP contribution in [0.1, 0.15) is 0 Å². The Morgan fingerprint density at radius 3 is 2.60 bits per heavy atom. The molecule has 0 radical (unpaired) electrons. The Morgan fingerprint density at radius 1 is 1.35 bits per heavy atom. The van der Waals surface area contributed by atoms with Crippen molar-refractivity contribution in [1.29, 1.82) is 0 Å². The quantitative estimate of drug-likeness (QED) is 0.627. The highest BCUT2D eigenvalue weighted by Crippen LogP contribution is 2.11. The van der Waals surface area contributed by atoms with Gasteiger partial charge in [0, 0.05) is 12.1 Å². The van der Waals surface area contributed by atoms with Gasteiger partial charge in [-0.2, -0.15) is 14.1 Å². The molecule has 2 N–H and O–H groups in total. The van der Waals surface area contributed by atoms with Gasteiger partial charge in [-0.3, -0.25) is 5.32 Å². The summed E-state index contributed by atoms with van der Waals surface area (Å²) in [5.74, 6) is -0.709. The summed E-state index contributed by atoms with van der Waals surface area (Å²) in [4.78, 5) is 18.7. The molecule has 0 saturated heterocycles. The zero-order valence-corrected chi connectivity index (χ0v) is 11.2. The molecule has 2 amide bonds. The molecule has 0 aromatic carbocycles. The number of pyridine rings is 2. The molecule has 2 heterocycles. The summed E-state index contributed by atoms with van der Waals surface area (Å²) in [7, 11) is 0. The molecule has 2 aromatic heterocycles. The van der Waals surface area contributed by atoms with Gasteiger partial charge in [-0.05, 0) is 12.1 Å². The van der Waals surface area contributed by atoms with Gasteiger partial charge in [0.25, 0.3) is 0 Å². The van der Waals surface area contributed by atoms with Crippen molar-refractivity contribution in [2.24, 2.45) is 4.99 Å². The summed E-state index contributed by atoms with van der Waals surface area (Å²) in [6, 6.07) is 5.61. The largest absolute Gasteiger partial charge is 0.426 e. The summed E-state index contributed by atoms with van der Waals surface area (Å²) in [5, 5.41) is 11.5. The third kappa shape index (κ3) is 3.46. The number of nitrogens with one attached hydrogen (secondary N) is 1. The fraction of sp³-hybridized carbons (Fsp3) is 0. The minimum absolute atomic E-state index is 0.0177. The van der Waals surface area contributed by atoms with E-state index in [1.54, 1.807) is 0 Å². The second-order valence-electron chi connectivity index (χ2n) is 3.56. The van der Waals surface area contributed by atoms with Crippen LogP contribution in [0.25, 0.3) is 0 Å². The van der Waals surface area contributed by atoms with Crippen LogP contribution in [-0.2, 0) is 0 Å². The minimum atomic E-state index is -0.786. The van der Waals surface area contributed by atoms with Gasteiger partial charge in [0.1, 0.15) is 16.1 Å². The molecule has 0 fully saturated rings. The van der Waals surface area contributed by atoms with E-state index in [4.69, 9.17) is 23.2 Å². The highest BCUT2D eigenvalue weighted by Gasteiger charge is 2.04. The lowest BCUT2D eigenvalue weighted by Crippen LogP contribution is -2.15. The van der Waals surface area contributed by atoms with E-state index in [1.165, 1.54) is 24.3 Å². The van der Waals surface area contributed by atoms with Crippen molar-refractivity contribution in [2.75, 3.05) is 5.32 Å². The van der Waals surface area contributed by atoms with E-state index in [9.17, 15) is 14.4 Å². The number of aromatic nitrogens is 2. The lowest BCUT2D eigenvalue weighted by molar-refractivity contribution is 0.185. The van der Waals surface area contributed by atoms with Gasteiger partial charge < -0.3 is 5.21 Å². The molecule has 0 bridgehead atoms. The van der Waals surface area contributed by atoms with Gasteiger partial charge in [0.05, 0.1) is 5.36 Å². The van der Waals surface area contributed by atoms with Crippen molar-refractivity contribution >= 4 is 35.1 Å². The Kier molecular flexibility index (Phi) is 4.21. The molecular weight excluding hydrogens is 310 g/mol. The van der Waals surface area contributed by atoms with Crippen LogP contribution in [0.3, 0.4) is 0 Å². The Bertz CT molecular complexity index is 706. The number of hydrogen-bond donors (Lipinski definition) is 2. The van der Waals surface area contributed by atoms with Gasteiger partial charge in [0.2, 0.25) is 5.95 Å². The summed E-state index contributed by atoms with van der Waals surface area (Å²) in [5.41, 5.74) is 0. The minimum Gasteiger partial charge on any atom is -0.426 e. The van der Waals surface area contributed by atoms with Crippen molar-refractivity contribution in [1.82, 2.24) is 9.71 Å². The second kappa shape index (κ2) is 5.89. The molecule has 9 heteroatoms. The number of amides is 2. The van der Waals surface area contributed by atoms with Crippen LogP contribution in [0.15, 0.2) is 35.3 Å². The first-order valence-electron chi connectivity index (χ1n) is 5.21. The van der Waals surface area contributed by atoms with E-state index < -0.39 is 12.0 Å². The van der Waals surface area contributed by atoms with Gasteiger partial charge >= 0.3 is 6.03 Å². The first-order chi connectivity index (χ1) is 9.45. The van der Waals surface area contributed by atoms with Crippen molar-refractivity contribution < 1.29 is 14.4 Å². The average molecular weight is 317 g/mol. The molecule has 0 aliphatic rings. The summed E-state index contributed by atoms with van der Waals surface area (Å²) < 4.78 is 13.4. The molecule has 104 valence electrons. The molecular formula is C11H7Cl2FN4O2. The number of carbonyl (C=O) groups is 1. The van der Waals surface area contributed by atoms with E-state index in [-0.39, 0.29) is 21.5 Å². The predicted molar refractivity (Wildman–Crippen MR) is 70.4 cm³/mol. The van der Waals surface area contributed by atoms with Gasteiger partial charge in [-0.15, -0.1) is 0 Å². The normalized spacial score (nSPS) is 10.2. The van der Waals surface area contributed by atoms with E-state index in [0.717, 1.165) is 6.07 Å². The molecule has 2 aromatic rings. The third-order valence-corrected chi connectivity index (χ3v) is 2.66. The van der Waals surface area contributed by atoms with Crippen molar-refractivity contribution in [3.05, 3.63) is 51.9 Å². The Hall–Kier alpha value is -2.12. The highest BCUT2D eigenvalue weighted by molar-refractivity contribution is 6.32. The van der Waals surface area contributed by atoms with Crippen LogP contribution in [0.2, 0.25) is 10.3 Å². The topological polar surface area (TPSA) is 79.5 Å². The molecule has 0 unspecified atom stereocenters. The van der Waals surface area contributed by atoms with Crippen LogP contribution in [0.4, 0.5) is 15.0 Å². The molecule has 0 saturated carbocycles. The van der Waals surface area contributed by atoms with Crippen molar-refractivity contribution in [3.8, 4) is 0 Å². The monoisotopic (exact) mass is 316 g/mol. The van der Waals surface area contributed by atoms with E-state index in [0.29, 0.717) is 4.73 Å². The Balaban J connectivity index is 2.25. The van der Waals surface area contributed by atoms with Gasteiger partial charge in [-0.1, -0.05) is 29.3 Å². The number of halogens is 3. The fourth-order valence-electron chi connectivity index (χ4n) is 1.31. The maximum Gasteiger partial charge on any atom is 0.347 e. The summed E-state index contributed by atoms with van der Waals surface area (Å²) in [6.45, 7) is 0. The highest BCUT2D eigenvalue weighted by atomic mass is 35.5. The van der Waals surface area contributed by atoms with Crippen LogP contribution < -0.4 is 10.7 Å². The number of carbonyl (C=O) groups excluding carboxylic acids is 1. The molecule has 0 aliphatic carbocycles. The lowest BCUT2D eigenvalue weighted by Gasteiger charge is -2.03. The lowest BCUT2D eigenvalue weighted by atomic mass is 10.4. The third-order valence-electron chi connectivity index (χ3n) is 2.12. The van der Waals surface area contributed by atoms with Gasteiger partial charge in [-0.25, -0.2) is 9.78 Å². The van der Waals surface area contributed by atoms with Crippen LogP contribution >= 0.6 is 23.2 Å². The number of urea groups is 1. The first kappa shape index (κ1) is 14.3. The van der Waals surface area contributed by atoms with Crippen LogP contribution in [0, 0.1) is 5.95 Å². The Morgan fingerprint density at radius 2 is 2.00 bits per heavy atom. The summed E-state index contributed by atoms with van der Waals surface area (Å²) >= 11 is 11.3. The maximum atomic E-state index is 12.8. The molecule has 20 heavy (non-hydrogen) atoms. The van der Waals surface area contributed by atoms with E-state index in [2.05, 4.69) is 15.3 Å². The molecule has 6 nitrogen and oxygen atoms in total. The van der Waals surface area contributed by atoms with Crippen molar-refractivity contribution in [3.63, 3.8) is 0 Å². The fourth-order valence-corrected chi connectivity index (χ4v) is 1.76. The molecule has 0 spiro atoms. The molecule has 0 atom stereocenters. The average Bonchev–Trinajstić information content (AvgIpc) is 2.35. The number of hydrogen-bond acceptors (Lipinski definition) is 3. The zero-order valence-electron chi connectivity index (χ0n) is 9.72. The second-order valence-corrected chi connectivity index (χ2v) is 4.33. The first-order valence-corrected chi connectivity index (χ1v) is 5.97. The SMILES string of the molecule is O=C(N=c1cc(Cl)n(O)c(Cl)c1)Nc1cccc(F)n1. The predicted octanol–water partition coefficient (Wildman–Crippen LogP) is 2.70. The standard InChI is InChI=1S/C11H7Cl2FN4O2/c12-7-4-6(5-8(13)18(7)20)15-11(19)17-10-3-1-2-9(14)16-10/h1-5,20H,(H,16,17,19).